The lowest BCUT2D eigenvalue weighted by Gasteiger charge is -2.06. The van der Waals surface area contributed by atoms with Gasteiger partial charge in [0.25, 0.3) is 0 Å². The smallest absolute Gasteiger partial charge is 0.410 e. The van der Waals surface area contributed by atoms with Gasteiger partial charge < -0.3 is 4.74 Å². The molecular weight excluding hydrogens is 215 g/mol. The normalized spacial score (nSPS) is 9.65. The minimum atomic E-state index is -0.524. The molecule has 0 radical (unpaired) electrons. The molecule has 84 valence electrons. The van der Waals surface area contributed by atoms with Crippen molar-refractivity contribution in [3.05, 3.63) is 48.8 Å². The largest absolute Gasteiger partial charge is 0.417 e. The summed E-state index contributed by atoms with van der Waals surface area (Å²) in [7, 11) is 1.90. The number of anilines is 1. The molecule has 1 N–H and O–H groups in total. The molecule has 0 aliphatic heterocycles. The van der Waals surface area contributed by atoms with Crippen LogP contribution in [0.15, 0.2) is 48.8 Å². The third kappa shape index (κ3) is 3.34. The highest BCUT2D eigenvalue weighted by Crippen LogP contribution is 2.10. The number of hydrogen-bond acceptors (Lipinski definition) is 3. The SMILES string of the molecule is Bc1cncc(NC(=O)Oc2ccccc2)c1. The predicted molar refractivity (Wildman–Crippen MR) is 68.5 cm³/mol. The van der Waals surface area contributed by atoms with E-state index < -0.39 is 6.09 Å². The molecule has 1 amide bonds. The minimum absolute atomic E-state index is 0.505. The standard InChI is InChI=1S/C12H11BN2O2/c13-9-6-10(8-14-7-9)15-12(16)17-11-4-2-1-3-5-11/h1-8H,13H2,(H,15,16). The van der Waals surface area contributed by atoms with Gasteiger partial charge >= 0.3 is 6.09 Å². The van der Waals surface area contributed by atoms with E-state index in [1.54, 1.807) is 36.7 Å². The van der Waals surface area contributed by atoms with Crippen LogP contribution in [0.5, 0.6) is 5.75 Å². The number of nitrogens with zero attached hydrogens (tertiary/aromatic N) is 1. The maximum Gasteiger partial charge on any atom is 0.417 e. The van der Waals surface area contributed by atoms with Gasteiger partial charge in [0.05, 0.1) is 11.9 Å². The zero-order chi connectivity index (χ0) is 12.1. The van der Waals surface area contributed by atoms with Crippen molar-refractivity contribution in [2.45, 2.75) is 0 Å². The predicted octanol–water partition coefficient (Wildman–Crippen LogP) is 0.951. The van der Waals surface area contributed by atoms with E-state index in [-0.39, 0.29) is 0 Å². The first kappa shape index (κ1) is 11.2. The Labute approximate surface area is 100 Å². The van der Waals surface area contributed by atoms with Crippen molar-refractivity contribution in [1.82, 2.24) is 4.98 Å². The fourth-order valence-corrected chi connectivity index (χ4v) is 1.36. The van der Waals surface area contributed by atoms with Crippen LogP contribution in [0.4, 0.5) is 10.5 Å². The molecule has 1 aromatic heterocycles. The molecule has 0 fully saturated rings. The summed E-state index contributed by atoms with van der Waals surface area (Å²) in [6.07, 6.45) is 2.76. The van der Waals surface area contributed by atoms with Crippen LogP contribution in [-0.2, 0) is 0 Å². The molecule has 0 atom stereocenters. The summed E-state index contributed by atoms with van der Waals surface area (Å²) in [6.45, 7) is 0. The fraction of sp³-hybridized carbons (Fsp3) is 0. The number of nitrogens with one attached hydrogen (secondary N) is 1. The number of carbonyl (C=O) groups excluding carboxylic acids is 1. The number of aromatic nitrogens is 1. The number of rotatable bonds is 2. The van der Waals surface area contributed by atoms with Crippen LogP contribution in [0.3, 0.4) is 0 Å². The summed E-state index contributed by atoms with van der Waals surface area (Å²) in [5.74, 6) is 0.505. The number of amides is 1. The monoisotopic (exact) mass is 226 g/mol. The highest BCUT2D eigenvalue weighted by Gasteiger charge is 2.04. The zero-order valence-corrected chi connectivity index (χ0v) is 9.38. The lowest BCUT2D eigenvalue weighted by atomic mass is 9.99. The highest BCUT2D eigenvalue weighted by atomic mass is 16.6. The van der Waals surface area contributed by atoms with Crippen LogP contribution in [0.1, 0.15) is 0 Å². The summed E-state index contributed by atoms with van der Waals surface area (Å²) >= 11 is 0. The minimum Gasteiger partial charge on any atom is -0.410 e. The second-order valence-electron chi connectivity index (χ2n) is 3.58. The molecule has 0 unspecified atom stereocenters. The molecule has 5 heteroatoms. The van der Waals surface area contributed by atoms with Gasteiger partial charge in [0.15, 0.2) is 0 Å². The molecule has 0 bridgehead atoms. The average molecular weight is 226 g/mol. The van der Waals surface area contributed by atoms with Crippen molar-refractivity contribution >= 4 is 25.1 Å². The summed E-state index contributed by atoms with van der Waals surface area (Å²) in [5.41, 5.74) is 1.59. The van der Waals surface area contributed by atoms with Crippen LogP contribution >= 0.6 is 0 Å². The third-order valence-corrected chi connectivity index (χ3v) is 2.08. The molecule has 0 aliphatic carbocycles. The molecule has 0 aliphatic rings. The fourth-order valence-electron chi connectivity index (χ4n) is 1.36. The Hall–Kier alpha value is -2.30. The zero-order valence-electron chi connectivity index (χ0n) is 9.38. The van der Waals surface area contributed by atoms with Crippen molar-refractivity contribution in [2.75, 3.05) is 5.32 Å². The van der Waals surface area contributed by atoms with Crippen LogP contribution in [-0.4, -0.2) is 18.9 Å². The Morgan fingerprint density at radius 3 is 2.71 bits per heavy atom. The van der Waals surface area contributed by atoms with Crippen LogP contribution in [0.2, 0.25) is 0 Å². The second kappa shape index (κ2) is 5.16. The summed E-state index contributed by atoms with van der Waals surface area (Å²) in [5, 5.41) is 2.61. The Kier molecular flexibility index (Phi) is 3.40. The molecule has 2 aromatic rings. The molecule has 1 heterocycles. The van der Waals surface area contributed by atoms with Gasteiger partial charge in [-0.15, -0.1) is 0 Å². The van der Waals surface area contributed by atoms with E-state index in [9.17, 15) is 4.79 Å². The first-order valence-electron chi connectivity index (χ1n) is 5.19. The van der Waals surface area contributed by atoms with E-state index in [1.165, 1.54) is 0 Å². The van der Waals surface area contributed by atoms with Crippen LogP contribution in [0, 0.1) is 0 Å². The number of benzene rings is 1. The molecule has 0 saturated carbocycles. The van der Waals surface area contributed by atoms with E-state index in [0.717, 1.165) is 5.46 Å². The second-order valence-corrected chi connectivity index (χ2v) is 3.58. The number of pyridine rings is 1. The summed E-state index contributed by atoms with van der Waals surface area (Å²) in [4.78, 5) is 15.5. The molecule has 0 saturated heterocycles. The van der Waals surface area contributed by atoms with Gasteiger partial charge in [-0.2, -0.15) is 0 Å². The quantitative estimate of drug-likeness (QED) is 0.775. The van der Waals surface area contributed by atoms with Gasteiger partial charge in [0, 0.05) is 6.20 Å². The molecular formula is C12H11BN2O2. The van der Waals surface area contributed by atoms with Crippen molar-refractivity contribution in [3.8, 4) is 5.75 Å². The van der Waals surface area contributed by atoms with Gasteiger partial charge in [0.1, 0.15) is 13.6 Å². The van der Waals surface area contributed by atoms with Crippen molar-refractivity contribution in [1.29, 1.82) is 0 Å². The van der Waals surface area contributed by atoms with Gasteiger partial charge in [-0.1, -0.05) is 23.7 Å². The van der Waals surface area contributed by atoms with Crippen LogP contribution in [0.25, 0.3) is 0 Å². The van der Waals surface area contributed by atoms with Gasteiger partial charge in [-0.05, 0) is 18.2 Å². The molecule has 4 nitrogen and oxygen atoms in total. The third-order valence-electron chi connectivity index (χ3n) is 2.08. The summed E-state index contributed by atoms with van der Waals surface area (Å²) in [6, 6.07) is 10.7. The summed E-state index contributed by atoms with van der Waals surface area (Å²) < 4.78 is 5.08. The maximum atomic E-state index is 11.5. The number of hydrogen-bond donors (Lipinski definition) is 1. The van der Waals surface area contributed by atoms with E-state index >= 15 is 0 Å². The van der Waals surface area contributed by atoms with Crippen LogP contribution < -0.4 is 15.5 Å². The Morgan fingerprint density at radius 1 is 1.24 bits per heavy atom. The molecule has 2 rings (SSSR count). The van der Waals surface area contributed by atoms with Crippen molar-refractivity contribution < 1.29 is 9.53 Å². The Balaban J connectivity index is 1.98. The lowest BCUT2D eigenvalue weighted by Crippen LogP contribution is -2.18. The molecule has 0 spiro atoms. The van der Waals surface area contributed by atoms with Crippen molar-refractivity contribution in [3.63, 3.8) is 0 Å². The van der Waals surface area contributed by atoms with E-state index in [0.29, 0.717) is 11.4 Å². The van der Waals surface area contributed by atoms with E-state index in [4.69, 9.17) is 4.74 Å². The average Bonchev–Trinajstić information content (AvgIpc) is 2.30. The van der Waals surface area contributed by atoms with Gasteiger partial charge in [-0.25, -0.2) is 4.79 Å². The van der Waals surface area contributed by atoms with E-state index in [2.05, 4.69) is 10.3 Å². The Bertz CT molecular complexity index is 517. The highest BCUT2D eigenvalue weighted by molar-refractivity contribution is 6.32. The molecule has 1 aromatic carbocycles. The maximum absolute atomic E-state index is 11.5. The first-order valence-corrected chi connectivity index (χ1v) is 5.19. The lowest BCUT2D eigenvalue weighted by molar-refractivity contribution is 0.215. The Morgan fingerprint density at radius 2 is 2.00 bits per heavy atom. The first-order chi connectivity index (χ1) is 8.24. The molecule has 17 heavy (non-hydrogen) atoms. The number of para-hydroxylation sites is 1. The van der Waals surface area contributed by atoms with Gasteiger partial charge in [0.2, 0.25) is 0 Å². The van der Waals surface area contributed by atoms with Gasteiger partial charge in [-0.3, -0.25) is 10.3 Å². The topological polar surface area (TPSA) is 51.2 Å². The number of ether oxygens (including phenoxy) is 1. The van der Waals surface area contributed by atoms with E-state index in [1.807, 2.05) is 20.0 Å². The van der Waals surface area contributed by atoms with Crippen molar-refractivity contribution in [2.24, 2.45) is 0 Å². The number of carbonyl (C=O) groups is 1.